The standard InChI is InChI=1S/C8H10N4/c1-3-7-10-5(2)8-6(11-7)4-9-12-8/h4H,3H2,1-2H3,(H,9,12). The number of aryl methyl sites for hydroxylation is 2. The van der Waals surface area contributed by atoms with Crippen molar-refractivity contribution in [2.45, 2.75) is 20.3 Å². The van der Waals surface area contributed by atoms with Crippen molar-refractivity contribution in [1.82, 2.24) is 20.2 Å². The Morgan fingerprint density at radius 2 is 2.25 bits per heavy atom. The van der Waals surface area contributed by atoms with Crippen LogP contribution in [0.2, 0.25) is 0 Å². The lowest BCUT2D eigenvalue weighted by atomic mass is 10.3. The molecule has 0 fully saturated rings. The molecule has 1 N–H and O–H groups in total. The molecule has 0 amide bonds. The lowest BCUT2D eigenvalue weighted by molar-refractivity contribution is 0.939. The summed E-state index contributed by atoms with van der Waals surface area (Å²) < 4.78 is 0. The summed E-state index contributed by atoms with van der Waals surface area (Å²) in [5.41, 5.74) is 2.81. The van der Waals surface area contributed by atoms with Crippen LogP contribution < -0.4 is 0 Å². The van der Waals surface area contributed by atoms with E-state index in [4.69, 9.17) is 0 Å². The molecule has 0 aromatic carbocycles. The summed E-state index contributed by atoms with van der Waals surface area (Å²) in [5, 5.41) is 6.77. The Bertz CT molecular complexity index is 404. The highest BCUT2D eigenvalue weighted by molar-refractivity contribution is 5.75. The van der Waals surface area contributed by atoms with E-state index in [-0.39, 0.29) is 0 Å². The molecule has 2 heterocycles. The molecule has 2 aromatic rings. The lowest BCUT2D eigenvalue weighted by Crippen LogP contribution is -1.95. The van der Waals surface area contributed by atoms with Crippen molar-refractivity contribution in [2.75, 3.05) is 0 Å². The molecule has 0 saturated carbocycles. The topological polar surface area (TPSA) is 54.5 Å². The molecule has 2 aromatic heterocycles. The molecule has 0 bridgehead atoms. The summed E-state index contributed by atoms with van der Waals surface area (Å²) in [6.45, 7) is 4.00. The van der Waals surface area contributed by atoms with Crippen LogP contribution in [0, 0.1) is 6.92 Å². The molecule has 0 aliphatic carbocycles. The minimum Gasteiger partial charge on any atom is -0.274 e. The Hall–Kier alpha value is -1.45. The van der Waals surface area contributed by atoms with Gasteiger partial charge in [-0.2, -0.15) is 5.10 Å². The Morgan fingerprint density at radius 1 is 1.42 bits per heavy atom. The summed E-state index contributed by atoms with van der Waals surface area (Å²) in [6.07, 6.45) is 2.59. The second-order valence-electron chi connectivity index (χ2n) is 2.71. The van der Waals surface area contributed by atoms with Crippen molar-refractivity contribution >= 4 is 11.0 Å². The SMILES string of the molecule is CCc1nc(C)c2[nH]ncc2n1. The van der Waals surface area contributed by atoms with E-state index in [1.54, 1.807) is 6.20 Å². The zero-order valence-corrected chi connectivity index (χ0v) is 7.13. The molecule has 12 heavy (non-hydrogen) atoms. The third-order valence-corrected chi connectivity index (χ3v) is 1.84. The van der Waals surface area contributed by atoms with Gasteiger partial charge in [-0.15, -0.1) is 0 Å². The molecule has 62 valence electrons. The lowest BCUT2D eigenvalue weighted by Gasteiger charge is -1.97. The number of aromatic nitrogens is 4. The van der Waals surface area contributed by atoms with Gasteiger partial charge in [0.2, 0.25) is 0 Å². The van der Waals surface area contributed by atoms with E-state index < -0.39 is 0 Å². The van der Waals surface area contributed by atoms with E-state index in [0.717, 1.165) is 29.0 Å². The minimum absolute atomic E-state index is 0.863. The van der Waals surface area contributed by atoms with Gasteiger partial charge >= 0.3 is 0 Å². The van der Waals surface area contributed by atoms with Crippen LogP contribution in [0.3, 0.4) is 0 Å². The van der Waals surface area contributed by atoms with Gasteiger partial charge in [0.05, 0.1) is 11.9 Å². The van der Waals surface area contributed by atoms with Gasteiger partial charge in [0.25, 0.3) is 0 Å². The predicted octanol–water partition coefficient (Wildman–Crippen LogP) is 1.22. The zero-order valence-electron chi connectivity index (χ0n) is 7.13. The molecule has 0 saturated heterocycles. The van der Waals surface area contributed by atoms with Crippen LogP contribution in [-0.2, 0) is 6.42 Å². The molecule has 4 heteroatoms. The second kappa shape index (κ2) is 2.55. The Kier molecular flexibility index (Phi) is 1.53. The average Bonchev–Trinajstić information content (AvgIpc) is 2.52. The minimum atomic E-state index is 0.863. The van der Waals surface area contributed by atoms with E-state index in [0.29, 0.717) is 0 Å². The van der Waals surface area contributed by atoms with Gasteiger partial charge in [-0.05, 0) is 6.92 Å². The van der Waals surface area contributed by atoms with Gasteiger partial charge in [0.1, 0.15) is 16.9 Å². The molecule has 0 atom stereocenters. The molecule has 2 rings (SSSR count). The van der Waals surface area contributed by atoms with Crippen molar-refractivity contribution in [2.24, 2.45) is 0 Å². The number of hydrogen-bond donors (Lipinski definition) is 1. The van der Waals surface area contributed by atoms with Crippen molar-refractivity contribution in [1.29, 1.82) is 0 Å². The molecule has 0 radical (unpaired) electrons. The van der Waals surface area contributed by atoms with Crippen LogP contribution in [0.25, 0.3) is 11.0 Å². The fourth-order valence-electron chi connectivity index (χ4n) is 1.20. The number of nitrogens with zero attached hydrogens (tertiary/aromatic N) is 3. The molecule has 0 aliphatic rings. The maximum atomic E-state index is 4.31. The average molecular weight is 162 g/mol. The van der Waals surface area contributed by atoms with Crippen molar-refractivity contribution < 1.29 is 0 Å². The van der Waals surface area contributed by atoms with Crippen LogP contribution in [0.1, 0.15) is 18.4 Å². The van der Waals surface area contributed by atoms with E-state index in [1.807, 2.05) is 13.8 Å². The molecule has 0 aliphatic heterocycles. The van der Waals surface area contributed by atoms with E-state index >= 15 is 0 Å². The van der Waals surface area contributed by atoms with Gasteiger partial charge in [-0.25, -0.2) is 9.97 Å². The largest absolute Gasteiger partial charge is 0.274 e. The van der Waals surface area contributed by atoms with Crippen molar-refractivity contribution in [3.63, 3.8) is 0 Å². The number of H-pyrrole nitrogens is 1. The second-order valence-corrected chi connectivity index (χ2v) is 2.71. The monoisotopic (exact) mass is 162 g/mol. The smallest absolute Gasteiger partial charge is 0.129 e. The first kappa shape index (κ1) is 7.21. The van der Waals surface area contributed by atoms with Gasteiger partial charge in [0.15, 0.2) is 0 Å². The number of fused-ring (bicyclic) bond motifs is 1. The number of aromatic amines is 1. The van der Waals surface area contributed by atoms with Crippen LogP contribution in [-0.4, -0.2) is 20.2 Å². The fraction of sp³-hybridized carbons (Fsp3) is 0.375. The van der Waals surface area contributed by atoms with Crippen LogP contribution in [0.4, 0.5) is 0 Å². The van der Waals surface area contributed by atoms with Crippen LogP contribution >= 0.6 is 0 Å². The molecular formula is C8H10N4. The highest BCUT2D eigenvalue weighted by atomic mass is 15.1. The van der Waals surface area contributed by atoms with E-state index in [9.17, 15) is 0 Å². The summed E-state index contributed by atoms with van der Waals surface area (Å²) in [7, 11) is 0. The normalized spacial score (nSPS) is 10.8. The highest BCUT2D eigenvalue weighted by Gasteiger charge is 2.03. The summed E-state index contributed by atoms with van der Waals surface area (Å²) >= 11 is 0. The first-order chi connectivity index (χ1) is 5.81. The van der Waals surface area contributed by atoms with Gasteiger partial charge in [-0.3, -0.25) is 5.10 Å². The van der Waals surface area contributed by atoms with E-state index in [1.165, 1.54) is 0 Å². The van der Waals surface area contributed by atoms with Crippen molar-refractivity contribution in [3.05, 3.63) is 17.7 Å². The Labute approximate surface area is 70.0 Å². The quantitative estimate of drug-likeness (QED) is 0.686. The number of nitrogens with one attached hydrogen (secondary N) is 1. The molecule has 0 unspecified atom stereocenters. The summed E-state index contributed by atoms with van der Waals surface area (Å²) in [6, 6.07) is 0. The Morgan fingerprint density at radius 3 is 3.00 bits per heavy atom. The Balaban J connectivity index is 2.75. The number of hydrogen-bond acceptors (Lipinski definition) is 3. The van der Waals surface area contributed by atoms with Crippen molar-refractivity contribution in [3.8, 4) is 0 Å². The van der Waals surface area contributed by atoms with Gasteiger partial charge in [0, 0.05) is 6.42 Å². The van der Waals surface area contributed by atoms with E-state index in [2.05, 4.69) is 20.2 Å². The summed E-state index contributed by atoms with van der Waals surface area (Å²) in [5.74, 6) is 0.876. The third kappa shape index (κ3) is 0.958. The molecule has 0 spiro atoms. The maximum absolute atomic E-state index is 4.31. The van der Waals surface area contributed by atoms with Crippen LogP contribution in [0.5, 0.6) is 0 Å². The summed E-state index contributed by atoms with van der Waals surface area (Å²) in [4.78, 5) is 8.62. The first-order valence-electron chi connectivity index (χ1n) is 3.98. The highest BCUT2D eigenvalue weighted by Crippen LogP contribution is 2.10. The third-order valence-electron chi connectivity index (χ3n) is 1.84. The zero-order chi connectivity index (χ0) is 8.55. The molecule has 4 nitrogen and oxygen atoms in total. The predicted molar refractivity (Wildman–Crippen MR) is 45.8 cm³/mol. The fourth-order valence-corrected chi connectivity index (χ4v) is 1.20. The first-order valence-corrected chi connectivity index (χ1v) is 3.98. The maximum Gasteiger partial charge on any atom is 0.129 e. The number of rotatable bonds is 1. The van der Waals surface area contributed by atoms with Gasteiger partial charge < -0.3 is 0 Å². The van der Waals surface area contributed by atoms with Gasteiger partial charge in [-0.1, -0.05) is 6.92 Å². The van der Waals surface area contributed by atoms with Crippen LogP contribution in [0.15, 0.2) is 6.20 Å². The molecular weight excluding hydrogens is 152 g/mol.